The van der Waals surface area contributed by atoms with Crippen molar-refractivity contribution < 1.29 is 9.53 Å². The summed E-state index contributed by atoms with van der Waals surface area (Å²) in [6.07, 6.45) is 0. The number of benzene rings is 1. The predicted molar refractivity (Wildman–Crippen MR) is 76.0 cm³/mol. The van der Waals surface area contributed by atoms with Crippen LogP contribution in [0.15, 0.2) is 31.4 Å². The molecule has 0 radical (unpaired) electrons. The average molecular weight is 379 g/mol. The number of hydrogen-bond acceptors (Lipinski definition) is 4. The van der Waals surface area contributed by atoms with Crippen LogP contribution in [0.1, 0.15) is 17.3 Å². The number of esters is 1. The van der Waals surface area contributed by atoms with Gasteiger partial charge in [-0.25, -0.2) is 4.79 Å². The molecule has 0 spiro atoms. The van der Waals surface area contributed by atoms with Gasteiger partial charge in [0, 0.05) is 23.0 Å². The summed E-state index contributed by atoms with van der Waals surface area (Å²) >= 11 is 6.68. The van der Waals surface area contributed by atoms with E-state index in [2.05, 4.69) is 42.2 Å². The summed E-state index contributed by atoms with van der Waals surface area (Å²) in [5.41, 5.74) is 0.814. The number of halogens is 2. The fraction of sp³-hybridized carbons (Fsp3) is 0.364. The summed E-state index contributed by atoms with van der Waals surface area (Å²) in [6.45, 7) is 2.07. The van der Waals surface area contributed by atoms with Gasteiger partial charge in [0.2, 0.25) is 0 Å². The van der Waals surface area contributed by atoms with E-state index in [9.17, 15) is 4.79 Å². The second-order valence-electron chi connectivity index (χ2n) is 3.54. The molecule has 0 saturated carbocycles. The second kappa shape index (κ2) is 6.84. The van der Waals surface area contributed by atoms with Gasteiger partial charge in [0.1, 0.15) is 5.69 Å². The van der Waals surface area contributed by atoms with Crippen LogP contribution in [-0.2, 0) is 4.74 Å². The van der Waals surface area contributed by atoms with Crippen LogP contribution in [0.25, 0.3) is 0 Å². The highest BCUT2D eigenvalue weighted by Gasteiger charge is 2.16. The Bertz CT molecular complexity index is 476. The normalized spacial score (nSPS) is 10.7. The van der Waals surface area contributed by atoms with Gasteiger partial charge in [0.15, 0.2) is 0 Å². The van der Waals surface area contributed by atoms with Crippen LogP contribution in [0.4, 0.5) is 5.69 Å². The maximum Gasteiger partial charge on any atom is 0.340 e. The molecule has 0 fully saturated rings. The van der Waals surface area contributed by atoms with Crippen LogP contribution in [0.5, 0.6) is 0 Å². The first-order chi connectivity index (χ1) is 8.45. The first kappa shape index (κ1) is 15.1. The Kier molecular flexibility index (Phi) is 5.74. The highest BCUT2D eigenvalue weighted by molar-refractivity contribution is 9.11. The summed E-state index contributed by atoms with van der Waals surface area (Å²) in [7, 11) is 3.50. The molecule has 0 aliphatic heterocycles. The van der Waals surface area contributed by atoms with E-state index in [1.165, 1.54) is 0 Å². The van der Waals surface area contributed by atoms with Crippen molar-refractivity contribution in [1.82, 2.24) is 5.01 Å². The molecular formula is C11H13Br2N3O2. The molecular weight excluding hydrogens is 366 g/mol. The van der Waals surface area contributed by atoms with Crippen molar-refractivity contribution in [3.8, 4) is 0 Å². The van der Waals surface area contributed by atoms with Crippen LogP contribution >= 0.6 is 31.9 Å². The van der Waals surface area contributed by atoms with Gasteiger partial charge in [-0.1, -0.05) is 21.2 Å². The number of carbonyl (C=O) groups excluding carboxylic acids is 1. The lowest BCUT2D eigenvalue weighted by Crippen LogP contribution is -2.06. The molecule has 7 heteroatoms. The lowest BCUT2D eigenvalue weighted by molar-refractivity contribution is 0.0527. The van der Waals surface area contributed by atoms with E-state index >= 15 is 0 Å². The molecule has 0 bridgehead atoms. The molecule has 0 unspecified atom stereocenters. The molecule has 18 heavy (non-hydrogen) atoms. The molecule has 0 N–H and O–H groups in total. The maximum absolute atomic E-state index is 11.8. The first-order valence-electron chi connectivity index (χ1n) is 5.20. The molecule has 5 nitrogen and oxygen atoms in total. The highest BCUT2D eigenvalue weighted by atomic mass is 79.9. The van der Waals surface area contributed by atoms with Crippen molar-refractivity contribution in [2.24, 2.45) is 10.3 Å². The van der Waals surface area contributed by atoms with Crippen LogP contribution < -0.4 is 0 Å². The van der Waals surface area contributed by atoms with Gasteiger partial charge in [-0.2, -0.15) is 0 Å². The van der Waals surface area contributed by atoms with Gasteiger partial charge < -0.3 is 4.74 Å². The third-order valence-electron chi connectivity index (χ3n) is 1.85. The van der Waals surface area contributed by atoms with Crippen molar-refractivity contribution in [2.75, 3.05) is 20.7 Å². The summed E-state index contributed by atoms with van der Waals surface area (Å²) in [5, 5.41) is 9.47. The third kappa shape index (κ3) is 4.06. The molecule has 98 valence electrons. The largest absolute Gasteiger partial charge is 0.462 e. The summed E-state index contributed by atoms with van der Waals surface area (Å²) in [6, 6.07) is 3.46. The zero-order valence-corrected chi connectivity index (χ0v) is 13.4. The molecule has 0 aliphatic rings. The van der Waals surface area contributed by atoms with Gasteiger partial charge in [-0.3, -0.25) is 5.01 Å². The standard InChI is InChI=1S/C11H13Br2N3O2/c1-4-18-11(17)8-5-7(12)6-9(13)10(8)14-15-16(2)3/h5-6H,4H2,1-3H3. The topological polar surface area (TPSA) is 54.3 Å². The molecule has 1 aromatic rings. The van der Waals surface area contributed by atoms with Gasteiger partial charge in [0.05, 0.1) is 12.2 Å². The van der Waals surface area contributed by atoms with Crippen LogP contribution in [0.3, 0.4) is 0 Å². The molecule has 0 aliphatic carbocycles. The number of hydrogen-bond donors (Lipinski definition) is 0. The van der Waals surface area contributed by atoms with E-state index < -0.39 is 5.97 Å². The van der Waals surface area contributed by atoms with Gasteiger partial charge in [-0.05, 0) is 35.0 Å². The number of carbonyl (C=O) groups is 1. The molecule has 0 atom stereocenters. The molecule has 0 aromatic heterocycles. The third-order valence-corrected chi connectivity index (χ3v) is 2.91. The van der Waals surface area contributed by atoms with Crippen LogP contribution in [-0.4, -0.2) is 31.7 Å². The number of ether oxygens (including phenoxy) is 1. The van der Waals surface area contributed by atoms with E-state index in [1.807, 2.05) is 0 Å². The van der Waals surface area contributed by atoms with Gasteiger partial charge >= 0.3 is 5.97 Å². The van der Waals surface area contributed by atoms with Crippen molar-refractivity contribution in [3.05, 3.63) is 26.6 Å². The number of rotatable bonds is 4. The fourth-order valence-electron chi connectivity index (χ4n) is 1.17. The first-order valence-corrected chi connectivity index (χ1v) is 6.79. The van der Waals surface area contributed by atoms with Gasteiger partial charge in [-0.15, -0.1) is 5.11 Å². The van der Waals surface area contributed by atoms with Crippen molar-refractivity contribution in [1.29, 1.82) is 0 Å². The Balaban J connectivity index is 3.25. The second-order valence-corrected chi connectivity index (χ2v) is 5.31. The maximum atomic E-state index is 11.8. The van der Waals surface area contributed by atoms with E-state index in [-0.39, 0.29) is 0 Å². The SMILES string of the molecule is CCOC(=O)c1cc(Br)cc(Br)c1N=NN(C)C. The van der Waals surface area contributed by atoms with Crippen LogP contribution in [0.2, 0.25) is 0 Å². The molecule has 0 amide bonds. The van der Waals surface area contributed by atoms with E-state index in [0.29, 0.717) is 22.3 Å². The summed E-state index contributed by atoms with van der Waals surface area (Å²) in [4.78, 5) is 11.8. The zero-order valence-electron chi connectivity index (χ0n) is 10.3. The quantitative estimate of drug-likeness (QED) is 0.452. The summed E-state index contributed by atoms with van der Waals surface area (Å²) < 4.78 is 6.43. The Hall–Kier alpha value is -0.950. The highest BCUT2D eigenvalue weighted by Crippen LogP contribution is 2.33. The number of nitrogens with zero attached hydrogens (tertiary/aromatic N) is 3. The smallest absolute Gasteiger partial charge is 0.340 e. The minimum atomic E-state index is -0.424. The van der Waals surface area contributed by atoms with E-state index in [4.69, 9.17) is 4.74 Å². The average Bonchev–Trinajstić information content (AvgIpc) is 2.26. The summed E-state index contributed by atoms with van der Waals surface area (Å²) in [5.74, 6) is -0.424. The monoisotopic (exact) mass is 377 g/mol. The minimum Gasteiger partial charge on any atom is -0.462 e. The molecule has 0 heterocycles. The lowest BCUT2D eigenvalue weighted by atomic mass is 10.2. The lowest BCUT2D eigenvalue weighted by Gasteiger charge is -2.08. The zero-order chi connectivity index (χ0) is 13.7. The van der Waals surface area contributed by atoms with Crippen LogP contribution in [0, 0.1) is 0 Å². The Morgan fingerprint density at radius 1 is 1.39 bits per heavy atom. The fourth-order valence-corrected chi connectivity index (χ4v) is 2.47. The molecule has 1 rings (SSSR count). The molecule has 1 aromatic carbocycles. The van der Waals surface area contributed by atoms with E-state index in [0.717, 1.165) is 4.47 Å². The Labute approximate surface area is 122 Å². The van der Waals surface area contributed by atoms with Crippen molar-refractivity contribution >= 4 is 43.5 Å². The van der Waals surface area contributed by atoms with Crippen molar-refractivity contribution in [3.63, 3.8) is 0 Å². The van der Waals surface area contributed by atoms with Gasteiger partial charge in [0.25, 0.3) is 0 Å². The van der Waals surface area contributed by atoms with Crippen molar-refractivity contribution in [2.45, 2.75) is 6.92 Å². The predicted octanol–water partition coefficient (Wildman–Crippen LogP) is 3.95. The minimum absolute atomic E-state index is 0.313. The molecule has 0 saturated heterocycles. The Morgan fingerprint density at radius 3 is 2.61 bits per heavy atom. The Morgan fingerprint density at radius 2 is 2.06 bits per heavy atom. The van der Waals surface area contributed by atoms with E-state index in [1.54, 1.807) is 38.2 Å².